The minimum absolute atomic E-state index is 0. The molecule has 44 heavy (non-hydrogen) atoms. The predicted octanol–water partition coefficient (Wildman–Crippen LogP) is 4.59. The van der Waals surface area contributed by atoms with Crippen molar-refractivity contribution in [1.29, 1.82) is 0 Å². The van der Waals surface area contributed by atoms with Gasteiger partial charge in [0, 0.05) is 64.2 Å². The van der Waals surface area contributed by atoms with Gasteiger partial charge in [-0.2, -0.15) is 0 Å². The Kier molecular flexibility index (Phi) is 13.3. The highest BCUT2D eigenvalue weighted by Crippen LogP contribution is 2.22. The zero-order valence-corrected chi connectivity index (χ0v) is 24.9. The van der Waals surface area contributed by atoms with E-state index in [1.165, 1.54) is 11.0 Å². The highest BCUT2D eigenvalue weighted by molar-refractivity contribution is 6.31. The molecule has 3 amide bonds. The van der Waals surface area contributed by atoms with E-state index in [0.717, 1.165) is 10.8 Å². The molecule has 238 valence electrons. The van der Waals surface area contributed by atoms with E-state index in [-0.39, 0.29) is 63.2 Å². The van der Waals surface area contributed by atoms with E-state index in [0.29, 0.717) is 44.1 Å². The number of halogens is 2. The van der Waals surface area contributed by atoms with E-state index in [9.17, 15) is 18.8 Å². The number of hydrogen-bond acceptors (Lipinski definition) is 7. The summed E-state index contributed by atoms with van der Waals surface area (Å²) in [6.07, 6.45) is 1.66. The number of pyridine rings is 1. The standard InChI is InChI=1S/C31H37ClFN5O5.CH4/c1-36(28(40)11-9-22-7-4-8-26(33)30(22)32)25(10-12-29(41)38-15-13-37(14-16-38)17-18-39)21-43-31(42)35-27-19-23-5-2-3-6-24(23)20-34-27;/h2-8,19-20,25,39H,9-18,21H2,1H3,(H,34,35,42);1H4/t25-;/m0./s1. The number of aromatic nitrogens is 1. The number of aryl methyl sites for hydroxylation is 1. The lowest BCUT2D eigenvalue weighted by molar-refractivity contribution is -0.136. The molecule has 0 bridgehead atoms. The number of aliphatic hydroxyl groups excluding tert-OH is 1. The van der Waals surface area contributed by atoms with Gasteiger partial charge in [-0.1, -0.05) is 55.4 Å². The van der Waals surface area contributed by atoms with Crippen molar-refractivity contribution in [3.8, 4) is 0 Å². The fraction of sp³-hybridized carbons (Fsp3) is 0.438. The van der Waals surface area contributed by atoms with Crippen LogP contribution in [0.15, 0.2) is 54.7 Å². The molecule has 2 N–H and O–H groups in total. The zero-order valence-electron chi connectivity index (χ0n) is 24.2. The third-order valence-corrected chi connectivity index (χ3v) is 8.10. The van der Waals surface area contributed by atoms with E-state index in [1.54, 1.807) is 36.3 Å². The van der Waals surface area contributed by atoms with E-state index >= 15 is 0 Å². The van der Waals surface area contributed by atoms with Crippen molar-refractivity contribution < 1.29 is 28.6 Å². The summed E-state index contributed by atoms with van der Waals surface area (Å²) >= 11 is 6.06. The number of fused-ring (bicyclic) bond motifs is 1. The summed E-state index contributed by atoms with van der Waals surface area (Å²) in [5.74, 6) is -0.525. The number of likely N-dealkylation sites (N-methyl/N-ethyl adjacent to an activating group) is 1. The van der Waals surface area contributed by atoms with Crippen molar-refractivity contribution in [3.05, 3.63) is 71.1 Å². The Hall–Kier alpha value is -3.80. The second-order valence-electron chi connectivity index (χ2n) is 10.5. The number of benzene rings is 2. The van der Waals surface area contributed by atoms with Crippen LogP contribution < -0.4 is 5.32 Å². The third-order valence-electron chi connectivity index (χ3n) is 7.68. The molecule has 2 aromatic carbocycles. The van der Waals surface area contributed by atoms with Crippen LogP contribution in [0.1, 0.15) is 32.3 Å². The molecule has 0 saturated carbocycles. The largest absolute Gasteiger partial charge is 0.447 e. The summed E-state index contributed by atoms with van der Waals surface area (Å²) in [7, 11) is 1.60. The van der Waals surface area contributed by atoms with Gasteiger partial charge >= 0.3 is 6.09 Å². The summed E-state index contributed by atoms with van der Waals surface area (Å²) in [5.41, 5.74) is 0.522. The van der Waals surface area contributed by atoms with E-state index < -0.39 is 18.0 Å². The molecule has 1 saturated heterocycles. The van der Waals surface area contributed by atoms with Gasteiger partial charge in [-0.3, -0.25) is 19.8 Å². The molecule has 2 heterocycles. The summed E-state index contributed by atoms with van der Waals surface area (Å²) in [4.78, 5) is 48.4. The van der Waals surface area contributed by atoms with Crippen LogP contribution >= 0.6 is 11.6 Å². The van der Waals surface area contributed by atoms with Crippen LogP contribution in [0.5, 0.6) is 0 Å². The van der Waals surface area contributed by atoms with Crippen LogP contribution in [0.4, 0.5) is 15.0 Å². The van der Waals surface area contributed by atoms with Crippen molar-refractivity contribution in [1.82, 2.24) is 19.7 Å². The number of carbonyl (C=O) groups is 3. The van der Waals surface area contributed by atoms with Crippen LogP contribution in [-0.2, 0) is 20.7 Å². The van der Waals surface area contributed by atoms with E-state index in [4.69, 9.17) is 21.4 Å². The average Bonchev–Trinajstić information content (AvgIpc) is 3.01. The maximum atomic E-state index is 13.9. The quantitative estimate of drug-likeness (QED) is 0.301. The molecule has 1 aliphatic rings. The molecular formula is C32H41ClFN5O5. The third kappa shape index (κ3) is 9.60. The number of nitrogens with zero attached hydrogens (tertiary/aromatic N) is 4. The smallest absolute Gasteiger partial charge is 0.412 e. The molecular weight excluding hydrogens is 589 g/mol. The van der Waals surface area contributed by atoms with Crippen LogP contribution in [0.2, 0.25) is 5.02 Å². The Morgan fingerprint density at radius 2 is 1.82 bits per heavy atom. The molecule has 1 atom stereocenters. The van der Waals surface area contributed by atoms with Crippen molar-refractivity contribution in [2.75, 3.05) is 58.3 Å². The molecule has 1 aromatic heterocycles. The molecule has 1 aliphatic heterocycles. The number of amides is 3. The first-order valence-corrected chi connectivity index (χ1v) is 14.7. The highest BCUT2D eigenvalue weighted by atomic mass is 35.5. The fourth-order valence-electron chi connectivity index (χ4n) is 5.03. The number of β-amino-alcohol motifs (C(OH)–C–C–N with tert-alkyl or cyclic N) is 1. The normalized spacial score (nSPS) is 14.0. The summed E-state index contributed by atoms with van der Waals surface area (Å²) in [5, 5.41) is 13.6. The van der Waals surface area contributed by atoms with Crippen LogP contribution in [0.3, 0.4) is 0 Å². The van der Waals surface area contributed by atoms with Gasteiger partial charge in [0.2, 0.25) is 11.8 Å². The monoisotopic (exact) mass is 629 g/mol. The van der Waals surface area contributed by atoms with E-state index in [2.05, 4.69) is 15.2 Å². The van der Waals surface area contributed by atoms with Gasteiger partial charge in [0.15, 0.2) is 0 Å². The summed E-state index contributed by atoms with van der Waals surface area (Å²) < 4.78 is 19.4. The van der Waals surface area contributed by atoms with E-state index in [1.807, 2.05) is 24.3 Å². The lowest BCUT2D eigenvalue weighted by atomic mass is 10.1. The van der Waals surface area contributed by atoms with Crippen molar-refractivity contribution >= 4 is 46.1 Å². The number of rotatable bonds is 12. The molecule has 0 aliphatic carbocycles. The van der Waals surface area contributed by atoms with Gasteiger partial charge in [0.25, 0.3) is 0 Å². The Bertz CT molecular complexity index is 1420. The van der Waals surface area contributed by atoms with Crippen LogP contribution in [0, 0.1) is 5.82 Å². The molecule has 12 heteroatoms. The molecule has 0 radical (unpaired) electrons. The topological polar surface area (TPSA) is 115 Å². The number of carbonyl (C=O) groups excluding carboxylic acids is 3. The Morgan fingerprint density at radius 1 is 1.09 bits per heavy atom. The number of hydrogen-bond donors (Lipinski definition) is 2. The molecule has 10 nitrogen and oxygen atoms in total. The first kappa shape index (κ1) is 34.7. The summed E-state index contributed by atoms with van der Waals surface area (Å²) in [6, 6.07) is 13.2. The zero-order chi connectivity index (χ0) is 30.8. The predicted molar refractivity (Wildman–Crippen MR) is 169 cm³/mol. The first-order valence-electron chi connectivity index (χ1n) is 14.3. The molecule has 1 fully saturated rings. The summed E-state index contributed by atoms with van der Waals surface area (Å²) in [6.45, 7) is 3.00. The Morgan fingerprint density at radius 3 is 2.55 bits per heavy atom. The average molecular weight is 630 g/mol. The second-order valence-corrected chi connectivity index (χ2v) is 10.9. The SMILES string of the molecule is C.CN(C(=O)CCc1cccc(F)c1Cl)[C@@H](CCC(=O)N1CCN(CCO)CC1)COC(=O)Nc1cc2ccccc2cn1. The molecule has 0 unspecified atom stereocenters. The first-order chi connectivity index (χ1) is 20.7. The van der Waals surface area contributed by atoms with Crippen LogP contribution in [-0.4, -0.2) is 102 Å². The number of piperazine rings is 1. The maximum Gasteiger partial charge on any atom is 0.412 e. The minimum Gasteiger partial charge on any atom is -0.447 e. The molecule has 0 spiro atoms. The van der Waals surface area contributed by atoms with Gasteiger partial charge in [0.1, 0.15) is 18.2 Å². The fourth-order valence-corrected chi connectivity index (χ4v) is 5.25. The van der Waals surface area contributed by atoms with Crippen molar-refractivity contribution in [3.63, 3.8) is 0 Å². The van der Waals surface area contributed by atoms with Gasteiger partial charge in [-0.25, -0.2) is 14.2 Å². The van der Waals surface area contributed by atoms with Crippen molar-refractivity contribution in [2.45, 2.75) is 39.2 Å². The van der Waals surface area contributed by atoms with Gasteiger partial charge in [0.05, 0.1) is 17.7 Å². The second kappa shape index (κ2) is 16.9. The number of aliphatic hydroxyl groups is 1. The number of ether oxygens (including phenoxy) is 1. The maximum absolute atomic E-state index is 13.9. The highest BCUT2D eigenvalue weighted by Gasteiger charge is 2.26. The van der Waals surface area contributed by atoms with Gasteiger partial charge in [-0.15, -0.1) is 0 Å². The lowest BCUT2D eigenvalue weighted by Crippen LogP contribution is -2.49. The Labute approximate surface area is 262 Å². The number of anilines is 1. The molecule has 3 aromatic rings. The van der Waals surface area contributed by atoms with Gasteiger partial charge < -0.3 is 19.6 Å². The van der Waals surface area contributed by atoms with Crippen molar-refractivity contribution in [2.24, 2.45) is 0 Å². The molecule has 4 rings (SSSR count). The number of nitrogens with one attached hydrogen (secondary N) is 1. The Balaban J connectivity index is 0.00000529. The minimum atomic E-state index is -0.730. The van der Waals surface area contributed by atoms with Gasteiger partial charge in [-0.05, 0) is 35.9 Å². The van der Waals surface area contributed by atoms with Crippen LogP contribution in [0.25, 0.3) is 10.8 Å². The lowest BCUT2D eigenvalue weighted by Gasteiger charge is -2.35.